The zero-order chi connectivity index (χ0) is 13.2. The number of alkyl halides is 3. The first-order chi connectivity index (χ1) is 8.42. The number of ether oxygens (including phenoxy) is 1. The lowest BCUT2D eigenvalue weighted by Crippen LogP contribution is -2.17. The average Bonchev–Trinajstić information content (AvgIpc) is 2.66. The second kappa shape index (κ2) is 4.92. The molecule has 18 heavy (non-hydrogen) atoms. The van der Waals surface area contributed by atoms with E-state index in [0.717, 1.165) is 29.8 Å². The van der Waals surface area contributed by atoms with E-state index in [9.17, 15) is 13.2 Å². The van der Waals surface area contributed by atoms with E-state index in [2.05, 4.69) is 16.1 Å². The minimum atomic E-state index is -4.64. The Kier molecular flexibility index (Phi) is 3.50. The van der Waals surface area contributed by atoms with Gasteiger partial charge in [-0.25, -0.2) is 0 Å². The van der Waals surface area contributed by atoms with E-state index in [4.69, 9.17) is 0 Å². The summed E-state index contributed by atoms with van der Waals surface area (Å²) in [5, 5.41) is 3.19. The van der Waals surface area contributed by atoms with Crippen molar-refractivity contribution in [3.8, 4) is 5.75 Å². The number of hydrogen-bond acceptors (Lipinski definition) is 2. The topological polar surface area (TPSA) is 21.3 Å². The van der Waals surface area contributed by atoms with Crippen LogP contribution in [-0.2, 0) is 6.42 Å². The summed E-state index contributed by atoms with van der Waals surface area (Å²) >= 11 is 0. The van der Waals surface area contributed by atoms with Crippen LogP contribution < -0.4 is 10.1 Å². The largest absolute Gasteiger partial charge is 0.573 e. The maximum Gasteiger partial charge on any atom is 0.573 e. The zero-order valence-electron chi connectivity index (χ0n) is 9.97. The van der Waals surface area contributed by atoms with E-state index in [-0.39, 0.29) is 5.75 Å². The minimum Gasteiger partial charge on any atom is -0.406 e. The number of nitrogens with one attached hydrogen (secondary N) is 1. The van der Waals surface area contributed by atoms with Crippen LogP contribution in [0.3, 0.4) is 0 Å². The molecule has 0 fully saturated rings. The molecule has 98 valence electrons. The molecule has 2 rings (SSSR count). The molecule has 0 spiro atoms. The Morgan fingerprint density at radius 1 is 1.28 bits per heavy atom. The Hall–Kier alpha value is -1.65. The van der Waals surface area contributed by atoms with Crippen LogP contribution in [-0.4, -0.2) is 12.9 Å². The Morgan fingerprint density at radius 2 is 2.06 bits per heavy atom. The van der Waals surface area contributed by atoms with Crippen molar-refractivity contribution < 1.29 is 17.9 Å². The van der Waals surface area contributed by atoms with Gasteiger partial charge in [0.25, 0.3) is 0 Å². The van der Waals surface area contributed by atoms with Crippen molar-refractivity contribution in [3.63, 3.8) is 0 Å². The summed E-state index contributed by atoms with van der Waals surface area (Å²) in [5.74, 6) is -0.156. The molecule has 0 saturated carbocycles. The molecule has 5 heteroatoms. The van der Waals surface area contributed by atoms with Gasteiger partial charge in [-0.3, -0.25) is 0 Å². The van der Waals surface area contributed by atoms with E-state index >= 15 is 0 Å². The van der Waals surface area contributed by atoms with Crippen LogP contribution in [0.4, 0.5) is 13.2 Å². The molecule has 0 unspecified atom stereocenters. The van der Waals surface area contributed by atoms with Gasteiger partial charge in [0.2, 0.25) is 0 Å². The maximum atomic E-state index is 12.2. The van der Waals surface area contributed by atoms with Gasteiger partial charge < -0.3 is 10.1 Å². The highest BCUT2D eigenvalue weighted by Crippen LogP contribution is 2.25. The molecule has 0 amide bonds. The molecule has 1 N–H and O–H groups in total. The smallest absolute Gasteiger partial charge is 0.406 e. The first-order valence-corrected chi connectivity index (χ1v) is 5.71. The van der Waals surface area contributed by atoms with Crippen molar-refractivity contribution >= 4 is 0 Å². The number of aryl methyl sites for hydroxylation is 1. The van der Waals surface area contributed by atoms with Crippen LogP contribution in [0.25, 0.3) is 0 Å². The summed E-state index contributed by atoms with van der Waals surface area (Å²) in [6.45, 7) is 2.65. The Balaban J connectivity index is 2.15. The average molecular weight is 257 g/mol. The highest BCUT2D eigenvalue weighted by molar-refractivity contribution is 5.36. The van der Waals surface area contributed by atoms with Gasteiger partial charge in [0.15, 0.2) is 0 Å². The van der Waals surface area contributed by atoms with E-state index in [1.807, 2.05) is 6.07 Å². The lowest BCUT2D eigenvalue weighted by molar-refractivity contribution is -0.274. The first kappa shape index (κ1) is 12.8. The van der Waals surface area contributed by atoms with Crippen LogP contribution in [0.15, 0.2) is 30.0 Å². The molecule has 0 saturated heterocycles. The van der Waals surface area contributed by atoms with Crippen LogP contribution in [0.1, 0.15) is 17.5 Å². The standard InChI is InChI=1S/C13H14F3NO/c1-9-5-10(7-11-3-2-4-17-11)8-12(6-9)18-13(14,15)16/h3,5-6,8,17H,2,4,7H2,1H3. The Morgan fingerprint density at radius 3 is 2.67 bits per heavy atom. The molecule has 1 aliphatic rings. The summed E-state index contributed by atoms with van der Waals surface area (Å²) in [4.78, 5) is 0. The van der Waals surface area contributed by atoms with Gasteiger partial charge in [0.1, 0.15) is 5.75 Å². The van der Waals surface area contributed by atoms with Gasteiger partial charge in [-0.05, 0) is 36.6 Å². The summed E-state index contributed by atoms with van der Waals surface area (Å²) < 4.78 is 40.4. The minimum absolute atomic E-state index is 0.156. The predicted octanol–water partition coefficient (Wildman–Crippen LogP) is 3.31. The van der Waals surface area contributed by atoms with E-state index in [1.54, 1.807) is 6.92 Å². The molecule has 0 aliphatic carbocycles. The molecule has 2 nitrogen and oxygen atoms in total. The van der Waals surface area contributed by atoms with Gasteiger partial charge >= 0.3 is 6.36 Å². The number of allylic oxidation sites excluding steroid dienone is 1. The lowest BCUT2D eigenvalue weighted by Gasteiger charge is -2.12. The fourth-order valence-electron chi connectivity index (χ4n) is 2.03. The van der Waals surface area contributed by atoms with Crippen molar-refractivity contribution in [2.24, 2.45) is 0 Å². The molecule has 1 heterocycles. The zero-order valence-corrected chi connectivity index (χ0v) is 9.97. The van der Waals surface area contributed by atoms with Crippen molar-refractivity contribution in [2.45, 2.75) is 26.1 Å². The lowest BCUT2D eigenvalue weighted by atomic mass is 10.1. The molecule has 1 aromatic rings. The number of hydrogen-bond donors (Lipinski definition) is 1. The van der Waals surface area contributed by atoms with Gasteiger partial charge in [-0.1, -0.05) is 12.1 Å². The number of rotatable bonds is 3. The van der Waals surface area contributed by atoms with Crippen LogP contribution in [0, 0.1) is 6.92 Å². The van der Waals surface area contributed by atoms with Gasteiger partial charge in [0, 0.05) is 18.7 Å². The third-order valence-corrected chi connectivity index (χ3v) is 2.63. The fraction of sp³-hybridized carbons (Fsp3) is 0.385. The summed E-state index contributed by atoms with van der Waals surface area (Å²) in [5.41, 5.74) is 2.62. The third-order valence-electron chi connectivity index (χ3n) is 2.63. The number of benzene rings is 1. The Labute approximate surface area is 103 Å². The van der Waals surface area contributed by atoms with Crippen molar-refractivity contribution in [1.82, 2.24) is 5.32 Å². The fourth-order valence-corrected chi connectivity index (χ4v) is 2.03. The monoisotopic (exact) mass is 257 g/mol. The quantitative estimate of drug-likeness (QED) is 0.897. The van der Waals surface area contributed by atoms with E-state index in [1.165, 1.54) is 12.1 Å². The maximum absolute atomic E-state index is 12.2. The van der Waals surface area contributed by atoms with Crippen LogP contribution in [0.5, 0.6) is 5.75 Å². The SMILES string of the molecule is Cc1cc(CC2=CCCN2)cc(OC(F)(F)F)c1. The molecular formula is C13H14F3NO. The van der Waals surface area contributed by atoms with Gasteiger partial charge in [0.05, 0.1) is 0 Å². The second-order valence-corrected chi connectivity index (χ2v) is 4.32. The molecule has 1 aromatic carbocycles. The molecule has 0 bridgehead atoms. The number of halogens is 3. The normalized spacial score (nSPS) is 15.2. The van der Waals surface area contributed by atoms with Crippen molar-refractivity contribution in [3.05, 3.63) is 41.1 Å². The summed E-state index contributed by atoms with van der Waals surface area (Å²) in [6.07, 6.45) is -1.01. The first-order valence-electron chi connectivity index (χ1n) is 5.71. The molecule has 0 atom stereocenters. The highest BCUT2D eigenvalue weighted by atomic mass is 19.4. The predicted molar refractivity (Wildman–Crippen MR) is 62.3 cm³/mol. The van der Waals surface area contributed by atoms with E-state index in [0.29, 0.717) is 6.42 Å². The van der Waals surface area contributed by atoms with Crippen molar-refractivity contribution in [1.29, 1.82) is 0 Å². The summed E-state index contributed by atoms with van der Waals surface area (Å²) in [6, 6.07) is 4.68. The third kappa shape index (κ3) is 3.68. The van der Waals surface area contributed by atoms with Gasteiger partial charge in [-0.2, -0.15) is 0 Å². The summed E-state index contributed by atoms with van der Waals surface area (Å²) in [7, 11) is 0. The molecule has 0 aromatic heterocycles. The van der Waals surface area contributed by atoms with Crippen molar-refractivity contribution in [2.75, 3.05) is 6.54 Å². The van der Waals surface area contributed by atoms with Crippen LogP contribution >= 0.6 is 0 Å². The molecule has 1 aliphatic heterocycles. The second-order valence-electron chi connectivity index (χ2n) is 4.32. The van der Waals surface area contributed by atoms with Crippen LogP contribution in [0.2, 0.25) is 0 Å². The molecular weight excluding hydrogens is 243 g/mol. The van der Waals surface area contributed by atoms with E-state index < -0.39 is 6.36 Å². The molecule has 0 radical (unpaired) electrons. The Bertz CT molecular complexity index is 466. The van der Waals surface area contributed by atoms with Gasteiger partial charge in [-0.15, -0.1) is 13.2 Å². The highest BCUT2D eigenvalue weighted by Gasteiger charge is 2.31.